The van der Waals surface area contributed by atoms with Gasteiger partial charge in [-0.25, -0.2) is 4.98 Å². The summed E-state index contributed by atoms with van der Waals surface area (Å²) < 4.78 is 6.29. The van der Waals surface area contributed by atoms with Crippen LogP contribution in [-0.4, -0.2) is 9.97 Å². The molecule has 0 spiro atoms. The Morgan fingerprint density at radius 1 is 0.933 bits per heavy atom. The van der Waals surface area contributed by atoms with E-state index in [4.69, 9.17) is 14.4 Å². The maximum absolute atomic E-state index is 6.29. The fourth-order valence-corrected chi connectivity index (χ4v) is 5.00. The van der Waals surface area contributed by atoms with Crippen molar-refractivity contribution in [3.8, 4) is 11.3 Å². The van der Waals surface area contributed by atoms with E-state index in [0.717, 1.165) is 44.9 Å². The molecule has 1 atom stereocenters. The van der Waals surface area contributed by atoms with Crippen molar-refractivity contribution in [3.05, 3.63) is 59.9 Å². The molecule has 0 aliphatic heterocycles. The molecule has 0 saturated heterocycles. The molecule has 154 valence electrons. The Morgan fingerprint density at radius 3 is 2.57 bits per heavy atom. The molecule has 4 aromatic rings. The molecule has 0 amide bonds. The summed E-state index contributed by atoms with van der Waals surface area (Å²) in [5.74, 6) is 1.73. The first-order valence-electron chi connectivity index (χ1n) is 11.4. The summed E-state index contributed by atoms with van der Waals surface area (Å²) in [6.07, 6.45) is 8.79. The minimum absolute atomic E-state index is 0.377. The highest BCUT2D eigenvalue weighted by atomic mass is 16.3. The van der Waals surface area contributed by atoms with Gasteiger partial charge in [-0.15, -0.1) is 0 Å². The summed E-state index contributed by atoms with van der Waals surface area (Å²) in [6.45, 7) is 6.70. The number of benzene rings is 1. The molecular weight excluding hydrogens is 368 g/mol. The molecule has 1 fully saturated rings. The van der Waals surface area contributed by atoms with E-state index in [9.17, 15) is 0 Å². The van der Waals surface area contributed by atoms with E-state index in [0.29, 0.717) is 11.8 Å². The molecule has 0 radical (unpaired) electrons. The van der Waals surface area contributed by atoms with Crippen LogP contribution in [0.4, 0.5) is 0 Å². The second-order valence-corrected chi connectivity index (χ2v) is 9.19. The fraction of sp³-hybridized carbons (Fsp3) is 0.407. The summed E-state index contributed by atoms with van der Waals surface area (Å²) in [7, 11) is 0. The van der Waals surface area contributed by atoms with Crippen LogP contribution in [0.1, 0.15) is 76.0 Å². The highest BCUT2D eigenvalue weighted by molar-refractivity contribution is 6.08. The Kier molecular flexibility index (Phi) is 5.06. The zero-order chi connectivity index (χ0) is 20.7. The first-order chi connectivity index (χ1) is 14.6. The number of para-hydroxylation sites is 1. The lowest BCUT2D eigenvalue weighted by atomic mass is 9.78. The van der Waals surface area contributed by atoms with E-state index < -0.39 is 0 Å². The topological polar surface area (TPSA) is 38.9 Å². The Morgan fingerprint density at radius 2 is 1.77 bits per heavy atom. The first kappa shape index (κ1) is 19.3. The molecule has 1 saturated carbocycles. The van der Waals surface area contributed by atoms with Crippen LogP contribution in [0.15, 0.2) is 53.1 Å². The number of hydrogen-bond acceptors (Lipinski definition) is 3. The van der Waals surface area contributed by atoms with Crippen molar-refractivity contribution in [1.29, 1.82) is 0 Å². The Labute approximate surface area is 178 Å². The van der Waals surface area contributed by atoms with Gasteiger partial charge in [0.1, 0.15) is 5.58 Å². The van der Waals surface area contributed by atoms with Crippen molar-refractivity contribution in [3.63, 3.8) is 0 Å². The number of pyridine rings is 2. The average Bonchev–Trinajstić information content (AvgIpc) is 3.17. The second kappa shape index (κ2) is 7.86. The maximum atomic E-state index is 6.29. The fourth-order valence-electron chi connectivity index (χ4n) is 5.00. The lowest BCUT2D eigenvalue weighted by Crippen LogP contribution is -2.14. The highest BCUT2D eigenvalue weighted by Gasteiger charge is 2.22. The third kappa shape index (κ3) is 3.40. The standard InChI is InChI=1S/C27H30N2O/c1-17(2)24-13-12-22-21-10-7-11-23(26(21)30-27(22)29-24)25-16-20(14-15-28-25)18(3)19-8-5-4-6-9-19/h7,10-19H,4-6,8-9H2,1-3H3. The van der Waals surface area contributed by atoms with Crippen LogP contribution in [0.5, 0.6) is 0 Å². The molecule has 1 unspecified atom stereocenters. The van der Waals surface area contributed by atoms with Crippen molar-refractivity contribution in [2.24, 2.45) is 5.92 Å². The SMILES string of the molecule is CC(C)c1ccc2c(n1)oc1c(-c3cc(C(C)C4CCCCC4)ccn3)cccc12. The predicted octanol–water partition coefficient (Wildman–Crippen LogP) is 7.85. The Hall–Kier alpha value is -2.68. The lowest BCUT2D eigenvalue weighted by molar-refractivity contribution is 0.316. The van der Waals surface area contributed by atoms with Crippen LogP contribution in [0.25, 0.3) is 33.3 Å². The van der Waals surface area contributed by atoms with E-state index in [-0.39, 0.29) is 0 Å². The number of rotatable bonds is 4. The number of aromatic nitrogens is 2. The van der Waals surface area contributed by atoms with Gasteiger partial charge in [-0.05, 0) is 66.5 Å². The van der Waals surface area contributed by atoms with Crippen LogP contribution < -0.4 is 0 Å². The number of nitrogens with zero attached hydrogens (tertiary/aromatic N) is 2. The van der Waals surface area contributed by atoms with E-state index >= 15 is 0 Å². The van der Waals surface area contributed by atoms with E-state index in [1.165, 1.54) is 37.7 Å². The molecule has 3 nitrogen and oxygen atoms in total. The minimum atomic E-state index is 0.377. The average molecular weight is 399 g/mol. The van der Waals surface area contributed by atoms with Crippen LogP contribution in [0.2, 0.25) is 0 Å². The van der Waals surface area contributed by atoms with Gasteiger partial charge in [-0.3, -0.25) is 4.98 Å². The van der Waals surface area contributed by atoms with E-state index in [2.05, 4.69) is 63.2 Å². The summed E-state index contributed by atoms with van der Waals surface area (Å²) in [4.78, 5) is 9.49. The second-order valence-electron chi connectivity index (χ2n) is 9.19. The molecule has 3 heterocycles. The Bertz CT molecular complexity index is 1180. The summed E-state index contributed by atoms with van der Waals surface area (Å²) in [5, 5.41) is 2.18. The molecule has 0 N–H and O–H groups in total. The van der Waals surface area contributed by atoms with Crippen LogP contribution in [0.3, 0.4) is 0 Å². The zero-order valence-corrected chi connectivity index (χ0v) is 18.2. The monoisotopic (exact) mass is 398 g/mol. The molecule has 0 bridgehead atoms. The lowest BCUT2D eigenvalue weighted by Gasteiger charge is -2.28. The van der Waals surface area contributed by atoms with Gasteiger partial charge in [0, 0.05) is 28.2 Å². The molecule has 1 aromatic carbocycles. The first-order valence-corrected chi connectivity index (χ1v) is 11.4. The highest BCUT2D eigenvalue weighted by Crippen LogP contribution is 2.38. The van der Waals surface area contributed by atoms with Gasteiger partial charge < -0.3 is 4.42 Å². The van der Waals surface area contributed by atoms with Gasteiger partial charge in [0.2, 0.25) is 5.71 Å². The van der Waals surface area contributed by atoms with Gasteiger partial charge in [-0.2, -0.15) is 0 Å². The summed E-state index contributed by atoms with van der Waals surface area (Å²) >= 11 is 0. The number of hydrogen-bond donors (Lipinski definition) is 0. The normalized spacial score (nSPS) is 16.5. The van der Waals surface area contributed by atoms with Crippen LogP contribution in [0, 0.1) is 5.92 Å². The van der Waals surface area contributed by atoms with Crippen molar-refractivity contribution >= 4 is 22.1 Å². The third-order valence-corrected chi connectivity index (χ3v) is 6.92. The summed E-state index contributed by atoms with van der Waals surface area (Å²) in [6, 6.07) is 15.1. The van der Waals surface area contributed by atoms with Gasteiger partial charge in [0.15, 0.2) is 0 Å². The summed E-state index contributed by atoms with van der Waals surface area (Å²) in [5.41, 5.74) is 6.09. The number of furan rings is 1. The molecule has 1 aliphatic rings. The van der Waals surface area contributed by atoms with Gasteiger partial charge in [0.05, 0.1) is 5.69 Å². The molecule has 30 heavy (non-hydrogen) atoms. The maximum Gasteiger partial charge on any atom is 0.227 e. The zero-order valence-electron chi connectivity index (χ0n) is 18.2. The van der Waals surface area contributed by atoms with Crippen molar-refractivity contribution in [2.75, 3.05) is 0 Å². The Balaban J connectivity index is 1.58. The molecule has 5 rings (SSSR count). The van der Waals surface area contributed by atoms with Crippen molar-refractivity contribution in [1.82, 2.24) is 9.97 Å². The van der Waals surface area contributed by atoms with Crippen molar-refractivity contribution < 1.29 is 4.42 Å². The predicted molar refractivity (Wildman–Crippen MR) is 124 cm³/mol. The van der Waals surface area contributed by atoms with E-state index in [1.807, 2.05) is 6.20 Å². The van der Waals surface area contributed by atoms with Gasteiger partial charge >= 0.3 is 0 Å². The largest absolute Gasteiger partial charge is 0.437 e. The van der Waals surface area contributed by atoms with Crippen LogP contribution >= 0.6 is 0 Å². The quantitative estimate of drug-likeness (QED) is 0.351. The molecule has 1 aliphatic carbocycles. The smallest absolute Gasteiger partial charge is 0.227 e. The van der Waals surface area contributed by atoms with E-state index in [1.54, 1.807) is 0 Å². The van der Waals surface area contributed by atoms with Crippen molar-refractivity contribution in [2.45, 2.75) is 64.7 Å². The molecule has 3 aromatic heterocycles. The van der Waals surface area contributed by atoms with Gasteiger partial charge in [0.25, 0.3) is 0 Å². The van der Waals surface area contributed by atoms with Crippen LogP contribution in [-0.2, 0) is 0 Å². The molecular formula is C27H30N2O. The number of fused-ring (bicyclic) bond motifs is 3. The third-order valence-electron chi connectivity index (χ3n) is 6.92. The van der Waals surface area contributed by atoms with Gasteiger partial charge in [-0.1, -0.05) is 52.2 Å². The minimum Gasteiger partial charge on any atom is -0.437 e. The molecule has 3 heteroatoms.